The number of hydrazine groups is 1. The Labute approximate surface area is 154 Å². The van der Waals surface area contributed by atoms with Crippen LogP contribution in [0, 0.1) is 0 Å². The van der Waals surface area contributed by atoms with Gasteiger partial charge in [-0.1, -0.05) is 53.5 Å². The van der Waals surface area contributed by atoms with E-state index in [1.807, 2.05) is 30.3 Å². The van der Waals surface area contributed by atoms with Gasteiger partial charge in [0.15, 0.2) is 5.11 Å². The maximum atomic E-state index is 12.0. The molecule has 0 aliphatic heterocycles. The average molecular weight is 382 g/mol. The number of hydrogen-bond acceptors (Lipinski definition) is 3. The van der Waals surface area contributed by atoms with Crippen LogP contribution in [0.1, 0.15) is 15.9 Å². The lowest BCUT2D eigenvalue weighted by molar-refractivity contribution is -0.121. The molecule has 2 aromatic carbocycles. The topological polar surface area (TPSA) is 70.2 Å². The molecule has 3 N–H and O–H groups in total. The molecule has 0 aliphatic carbocycles. The van der Waals surface area contributed by atoms with Crippen molar-refractivity contribution in [3.05, 3.63) is 69.7 Å². The minimum atomic E-state index is -0.491. The Balaban J connectivity index is 1.82. The number of carbonyl (C=O) groups is 2. The van der Waals surface area contributed by atoms with Crippen LogP contribution >= 0.6 is 35.4 Å². The van der Waals surface area contributed by atoms with Crippen LogP contribution in [0.2, 0.25) is 10.0 Å². The van der Waals surface area contributed by atoms with Crippen LogP contribution in [-0.2, 0) is 11.2 Å². The standard InChI is InChI=1S/C16H13Cl2N3O2S/c17-12-7-11(8-13(18)9-12)15(23)19-16(24)21-20-14(22)6-10-4-2-1-3-5-10/h1-5,7-9H,6H2,(H,20,22)(H2,19,21,23,24). The lowest BCUT2D eigenvalue weighted by Gasteiger charge is -2.11. The van der Waals surface area contributed by atoms with Gasteiger partial charge in [0.05, 0.1) is 6.42 Å². The van der Waals surface area contributed by atoms with Crippen LogP contribution in [0.15, 0.2) is 48.5 Å². The summed E-state index contributed by atoms with van der Waals surface area (Å²) in [5, 5.41) is 3.05. The summed E-state index contributed by atoms with van der Waals surface area (Å²) in [5.41, 5.74) is 6.00. The maximum Gasteiger partial charge on any atom is 0.257 e. The first kappa shape index (κ1) is 18.2. The highest BCUT2D eigenvalue weighted by molar-refractivity contribution is 7.80. The van der Waals surface area contributed by atoms with Gasteiger partial charge in [-0.05, 0) is 36.0 Å². The van der Waals surface area contributed by atoms with Crippen molar-refractivity contribution >= 4 is 52.3 Å². The van der Waals surface area contributed by atoms with Gasteiger partial charge in [0.1, 0.15) is 0 Å². The van der Waals surface area contributed by atoms with Gasteiger partial charge in [-0.2, -0.15) is 0 Å². The number of carbonyl (C=O) groups excluding carboxylic acids is 2. The van der Waals surface area contributed by atoms with Gasteiger partial charge in [0, 0.05) is 15.6 Å². The lowest BCUT2D eigenvalue weighted by atomic mass is 10.1. The summed E-state index contributed by atoms with van der Waals surface area (Å²) >= 11 is 16.6. The van der Waals surface area contributed by atoms with Gasteiger partial charge in [-0.25, -0.2) is 0 Å². The molecule has 0 spiro atoms. The highest BCUT2D eigenvalue weighted by Crippen LogP contribution is 2.18. The fourth-order valence-corrected chi connectivity index (χ4v) is 2.51. The van der Waals surface area contributed by atoms with Crippen molar-refractivity contribution in [2.45, 2.75) is 6.42 Å². The zero-order valence-corrected chi connectivity index (χ0v) is 14.6. The second-order valence-electron chi connectivity index (χ2n) is 4.78. The minimum absolute atomic E-state index is 0.0440. The number of halogens is 2. The van der Waals surface area contributed by atoms with Crippen molar-refractivity contribution in [1.29, 1.82) is 0 Å². The Kier molecular flexibility index (Phi) is 6.54. The van der Waals surface area contributed by atoms with Crippen molar-refractivity contribution in [2.24, 2.45) is 0 Å². The highest BCUT2D eigenvalue weighted by atomic mass is 35.5. The normalized spacial score (nSPS) is 9.92. The number of thiocarbonyl (C=S) groups is 1. The molecule has 2 rings (SSSR count). The van der Waals surface area contributed by atoms with Crippen LogP contribution in [0.4, 0.5) is 0 Å². The Hall–Kier alpha value is -2.15. The average Bonchev–Trinajstić information content (AvgIpc) is 2.53. The summed E-state index contributed by atoms with van der Waals surface area (Å²) in [6, 6.07) is 13.7. The largest absolute Gasteiger partial charge is 0.298 e. The van der Waals surface area contributed by atoms with E-state index in [1.54, 1.807) is 0 Å². The van der Waals surface area contributed by atoms with E-state index in [4.69, 9.17) is 35.4 Å². The minimum Gasteiger partial charge on any atom is -0.298 e. The third-order valence-electron chi connectivity index (χ3n) is 2.87. The third kappa shape index (κ3) is 5.81. The zero-order valence-electron chi connectivity index (χ0n) is 12.3. The summed E-state index contributed by atoms with van der Waals surface area (Å²) < 4.78 is 0. The maximum absolute atomic E-state index is 12.0. The first-order valence-corrected chi connectivity index (χ1v) is 8.00. The van der Waals surface area contributed by atoms with Crippen molar-refractivity contribution in [1.82, 2.24) is 16.2 Å². The highest BCUT2D eigenvalue weighted by Gasteiger charge is 2.10. The molecule has 0 bridgehead atoms. The van der Waals surface area contributed by atoms with Crippen molar-refractivity contribution in [3.8, 4) is 0 Å². The zero-order chi connectivity index (χ0) is 17.5. The van der Waals surface area contributed by atoms with E-state index in [0.717, 1.165) is 5.56 Å². The van der Waals surface area contributed by atoms with E-state index in [-0.39, 0.29) is 23.0 Å². The molecule has 0 heterocycles. The van der Waals surface area contributed by atoms with Gasteiger partial charge < -0.3 is 0 Å². The van der Waals surface area contributed by atoms with Gasteiger partial charge in [-0.3, -0.25) is 25.8 Å². The summed E-state index contributed by atoms with van der Waals surface area (Å²) in [7, 11) is 0. The molecule has 0 radical (unpaired) electrons. The number of hydrogen-bond donors (Lipinski definition) is 3. The number of amides is 2. The van der Waals surface area contributed by atoms with E-state index in [0.29, 0.717) is 10.0 Å². The van der Waals surface area contributed by atoms with Gasteiger partial charge in [0.25, 0.3) is 5.91 Å². The van der Waals surface area contributed by atoms with Crippen LogP contribution < -0.4 is 16.2 Å². The molecule has 124 valence electrons. The molecule has 2 amide bonds. The number of benzene rings is 2. The second-order valence-corrected chi connectivity index (χ2v) is 6.06. The van der Waals surface area contributed by atoms with Gasteiger partial charge in [0.2, 0.25) is 5.91 Å². The van der Waals surface area contributed by atoms with E-state index >= 15 is 0 Å². The van der Waals surface area contributed by atoms with Crippen molar-refractivity contribution in [3.63, 3.8) is 0 Å². The summed E-state index contributed by atoms with van der Waals surface area (Å²) in [6.07, 6.45) is 0.189. The molecular formula is C16H13Cl2N3O2S. The number of rotatable bonds is 3. The summed E-state index contributed by atoms with van der Waals surface area (Å²) in [4.78, 5) is 23.8. The van der Waals surface area contributed by atoms with E-state index in [1.165, 1.54) is 18.2 Å². The molecule has 0 fully saturated rings. The predicted octanol–water partition coefficient (Wildman–Crippen LogP) is 2.87. The van der Waals surface area contributed by atoms with Crippen LogP contribution in [0.25, 0.3) is 0 Å². The van der Waals surface area contributed by atoms with Crippen LogP contribution in [0.5, 0.6) is 0 Å². The number of nitrogens with one attached hydrogen (secondary N) is 3. The molecule has 0 atom stereocenters. The molecule has 0 saturated carbocycles. The molecule has 8 heteroatoms. The van der Waals surface area contributed by atoms with Crippen LogP contribution in [0.3, 0.4) is 0 Å². The first-order valence-electron chi connectivity index (χ1n) is 6.84. The molecule has 0 aliphatic rings. The van der Waals surface area contributed by atoms with Gasteiger partial charge in [-0.15, -0.1) is 0 Å². The molecule has 2 aromatic rings. The molecule has 0 saturated heterocycles. The SMILES string of the molecule is O=C(Cc1ccccc1)NNC(=S)NC(=O)c1cc(Cl)cc(Cl)c1. The Morgan fingerprint density at radius 1 is 0.958 bits per heavy atom. The van der Waals surface area contributed by atoms with E-state index in [9.17, 15) is 9.59 Å². The van der Waals surface area contributed by atoms with Gasteiger partial charge >= 0.3 is 0 Å². The summed E-state index contributed by atoms with van der Waals surface area (Å²) in [6.45, 7) is 0. The Bertz CT molecular complexity index is 749. The van der Waals surface area contributed by atoms with Crippen molar-refractivity contribution < 1.29 is 9.59 Å². The Morgan fingerprint density at radius 3 is 2.21 bits per heavy atom. The smallest absolute Gasteiger partial charge is 0.257 e. The summed E-state index contributed by atoms with van der Waals surface area (Å²) in [5.74, 6) is -0.780. The quantitative estimate of drug-likeness (QED) is 0.564. The van der Waals surface area contributed by atoms with Crippen molar-refractivity contribution in [2.75, 3.05) is 0 Å². The fourth-order valence-electron chi connectivity index (χ4n) is 1.84. The molecular weight excluding hydrogens is 369 g/mol. The Morgan fingerprint density at radius 2 is 1.58 bits per heavy atom. The molecule has 0 aromatic heterocycles. The first-order chi connectivity index (χ1) is 11.4. The van der Waals surface area contributed by atoms with Crippen LogP contribution in [-0.4, -0.2) is 16.9 Å². The second kappa shape index (κ2) is 8.63. The third-order valence-corrected chi connectivity index (χ3v) is 3.52. The van der Waals surface area contributed by atoms with E-state index in [2.05, 4.69) is 16.2 Å². The monoisotopic (exact) mass is 381 g/mol. The fraction of sp³-hybridized carbons (Fsp3) is 0.0625. The molecule has 0 unspecified atom stereocenters. The predicted molar refractivity (Wildman–Crippen MR) is 98.0 cm³/mol. The molecule has 5 nitrogen and oxygen atoms in total. The van der Waals surface area contributed by atoms with E-state index < -0.39 is 5.91 Å². The lowest BCUT2D eigenvalue weighted by Crippen LogP contribution is -2.48. The molecule has 24 heavy (non-hydrogen) atoms.